The maximum absolute atomic E-state index is 13.8. The van der Waals surface area contributed by atoms with Crippen LogP contribution in [0.5, 0.6) is 0 Å². The summed E-state index contributed by atoms with van der Waals surface area (Å²) in [5.41, 5.74) is -0.00545. The van der Waals surface area contributed by atoms with E-state index >= 15 is 0 Å². The van der Waals surface area contributed by atoms with E-state index in [4.69, 9.17) is 11.6 Å². The summed E-state index contributed by atoms with van der Waals surface area (Å²) in [6.07, 6.45) is 0.908. The average Bonchev–Trinajstić information content (AvgIpc) is 2.63. The molecule has 2 rings (SSSR count). The van der Waals surface area contributed by atoms with E-state index < -0.39 is 5.82 Å². The lowest BCUT2D eigenvalue weighted by atomic mass is 10.1. The van der Waals surface area contributed by atoms with E-state index in [1.54, 1.807) is 11.0 Å². The van der Waals surface area contributed by atoms with Crippen molar-refractivity contribution in [1.82, 2.24) is 9.80 Å². The fourth-order valence-electron chi connectivity index (χ4n) is 2.35. The Bertz CT molecular complexity index is 447. The van der Waals surface area contributed by atoms with Crippen LogP contribution < -0.4 is 0 Å². The van der Waals surface area contributed by atoms with Gasteiger partial charge in [-0.1, -0.05) is 24.6 Å². The van der Waals surface area contributed by atoms with Crippen molar-refractivity contribution in [3.8, 4) is 0 Å². The van der Waals surface area contributed by atoms with Gasteiger partial charge in [-0.25, -0.2) is 4.39 Å². The van der Waals surface area contributed by atoms with Gasteiger partial charge in [0.25, 0.3) is 5.91 Å². The van der Waals surface area contributed by atoms with Crippen LogP contribution in [0.2, 0.25) is 5.02 Å². The zero-order valence-corrected chi connectivity index (χ0v) is 11.8. The second-order valence-electron chi connectivity index (χ2n) is 4.68. The van der Waals surface area contributed by atoms with E-state index in [-0.39, 0.29) is 16.5 Å². The summed E-state index contributed by atoms with van der Waals surface area (Å²) < 4.78 is 13.8. The largest absolute Gasteiger partial charge is 0.337 e. The second-order valence-corrected chi connectivity index (χ2v) is 5.08. The summed E-state index contributed by atoms with van der Waals surface area (Å²) in [4.78, 5) is 16.4. The van der Waals surface area contributed by atoms with Crippen molar-refractivity contribution in [3.05, 3.63) is 34.6 Å². The molecule has 0 unspecified atom stereocenters. The Morgan fingerprint density at radius 3 is 2.79 bits per heavy atom. The lowest BCUT2D eigenvalue weighted by Crippen LogP contribution is -2.35. The quantitative estimate of drug-likeness (QED) is 0.834. The highest BCUT2D eigenvalue weighted by molar-refractivity contribution is 6.33. The van der Waals surface area contributed by atoms with Crippen LogP contribution in [-0.2, 0) is 0 Å². The van der Waals surface area contributed by atoms with Crippen molar-refractivity contribution < 1.29 is 9.18 Å². The number of likely N-dealkylation sites (N-methyl/N-ethyl adjacent to an activating group) is 1. The Labute approximate surface area is 117 Å². The molecule has 104 valence electrons. The molecular formula is C14H18ClFN2O. The smallest absolute Gasteiger partial charge is 0.258 e. The van der Waals surface area contributed by atoms with E-state index in [9.17, 15) is 9.18 Å². The molecule has 1 aliphatic heterocycles. The van der Waals surface area contributed by atoms with E-state index in [2.05, 4.69) is 11.8 Å². The van der Waals surface area contributed by atoms with Gasteiger partial charge in [0.1, 0.15) is 5.82 Å². The minimum atomic E-state index is -0.547. The van der Waals surface area contributed by atoms with Gasteiger partial charge in [-0.3, -0.25) is 4.79 Å². The van der Waals surface area contributed by atoms with Crippen LogP contribution >= 0.6 is 11.6 Å². The topological polar surface area (TPSA) is 23.6 Å². The van der Waals surface area contributed by atoms with Gasteiger partial charge in [0.2, 0.25) is 0 Å². The van der Waals surface area contributed by atoms with Crippen LogP contribution in [0.1, 0.15) is 23.7 Å². The number of hydrogen-bond acceptors (Lipinski definition) is 2. The number of halogens is 2. The zero-order valence-electron chi connectivity index (χ0n) is 11.0. The van der Waals surface area contributed by atoms with Crippen molar-refractivity contribution in [1.29, 1.82) is 0 Å². The van der Waals surface area contributed by atoms with Crippen molar-refractivity contribution >= 4 is 17.5 Å². The van der Waals surface area contributed by atoms with Gasteiger partial charge in [-0.15, -0.1) is 0 Å². The molecule has 1 heterocycles. The van der Waals surface area contributed by atoms with E-state index in [1.165, 1.54) is 12.1 Å². The maximum Gasteiger partial charge on any atom is 0.258 e. The Kier molecular flexibility index (Phi) is 4.77. The first kappa shape index (κ1) is 14.3. The van der Waals surface area contributed by atoms with Gasteiger partial charge in [0, 0.05) is 19.6 Å². The zero-order chi connectivity index (χ0) is 13.8. The molecule has 0 saturated carbocycles. The van der Waals surface area contributed by atoms with Crippen molar-refractivity contribution in [3.63, 3.8) is 0 Å². The molecule has 5 heteroatoms. The summed E-state index contributed by atoms with van der Waals surface area (Å²) >= 11 is 5.94. The van der Waals surface area contributed by atoms with Crippen LogP contribution in [-0.4, -0.2) is 48.4 Å². The Balaban J connectivity index is 2.15. The first-order chi connectivity index (χ1) is 9.13. The molecule has 0 radical (unpaired) electrons. The summed E-state index contributed by atoms with van der Waals surface area (Å²) in [6.45, 7) is 6.16. The molecule has 19 heavy (non-hydrogen) atoms. The molecule has 1 aromatic carbocycles. The number of carbonyl (C=O) groups excluding carboxylic acids is 1. The third-order valence-electron chi connectivity index (χ3n) is 3.50. The molecular weight excluding hydrogens is 267 g/mol. The fraction of sp³-hybridized carbons (Fsp3) is 0.500. The first-order valence-corrected chi connectivity index (χ1v) is 6.97. The van der Waals surface area contributed by atoms with Crippen molar-refractivity contribution in [2.24, 2.45) is 0 Å². The number of benzene rings is 1. The lowest BCUT2D eigenvalue weighted by molar-refractivity contribution is 0.0757. The molecule has 0 spiro atoms. The normalized spacial score (nSPS) is 17.3. The highest BCUT2D eigenvalue weighted by Crippen LogP contribution is 2.21. The number of rotatable bonds is 2. The molecule has 1 amide bonds. The maximum atomic E-state index is 13.8. The summed E-state index contributed by atoms with van der Waals surface area (Å²) in [5.74, 6) is -0.852. The second kappa shape index (κ2) is 6.35. The molecule has 1 saturated heterocycles. The van der Waals surface area contributed by atoms with E-state index in [0.717, 1.165) is 26.1 Å². The molecule has 0 atom stereocenters. The van der Waals surface area contributed by atoms with Crippen molar-refractivity contribution in [2.75, 3.05) is 32.7 Å². The lowest BCUT2D eigenvalue weighted by Gasteiger charge is -2.22. The minimum Gasteiger partial charge on any atom is -0.337 e. The number of nitrogens with zero attached hydrogens (tertiary/aromatic N) is 2. The standard InChI is InChI=1S/C14H18ClFN2O/c1-2-17-7-4-8-18(10-9-17)14(19)13-11(15)5-3-6-12(13)16/h3,5-6H,2,4,7-10H2,1H3. The Hall–Kier alpha value is -1.13. The van der Waals surface area contributed by atoms with E-state index in [1.807, 2.05) is 0 Å². The van der Waals surface area contributed by atoms with Crippen LogP contribution in [0.25, 0.3) is 0 Å². The number of carbonyl (C=O) groups is 1. The molecule has 3 nitrogen and oxygen atoms in total. The van der Waals surface area contributed by atoms with Gasteiger partial charge >= 0.3 is 0 Å². The van der Waals surface area contributed by atoms with Gasteiger partial charge in [0.15, 0.2) is 0 Å². The van der Waals surface area contributed by atoms with E-state index in [0.29, 0.717) is 13.1 Å². The van der Waals surface area contributed by atoms with Gasteiger partial charge in [-0.05, 0) is 31.6 Å². The van der Waals surface area contributed by atoms with Crippen LogP contribution in [0.3, 0.4) is 0 Å². The summed E-state index contributed by atoms with van der Waals surface area (Å²) in [6, 6.07) is 4.33. The third-order valence-corrected chi connectivity index (χ3v) is 3.81. The molecule has 1 aromatic rings. The molecule has 0 aromatic heterocycles. The molecule has 0 bridgehead atoms. The van der Waals surface area contributed by atoms with Gasteiger partial charge in [-0.2, -0.15) is 0 Å². The predicted molar refractivity (Wildman–Crippen MR) is 74.0 cm³/mol. The monoisotopic (exact) mass is 284 g/mol. The molecule has 0 N–H and O–H groups in total. The molecule has 1 fully saturated rings. The van der Waals surface area contributed by atoms with Crippen LogP contribution in [0.4, 0.5) is 4.39 Å². The fourth-order valence-corrected chi connectivity index (χ4v) is 2.59. The Morgan fingerprint density at radius 1 is 1.32 bits per heavy atom. The highest BCUT2D eigenvalue weighted by Gasteiger charge is 2.23. The average molecular weight is 285 g/mol. The molecule has 1 aliphatic rings. The van der Waals surface area contributed by atoms with Gasteiger partial charge in [0.05, 0.1) is 10.6 Å². The predicted octanol–water partition coefficient (Wildman–Crippen LogP) is 2.65. The van der Waals surface area contributed by atoms with Crippen LogP contribution in [0, 0.1) is 5.82 Å². The summed E-state index contributed by atoms with van der Waals surface area (Å²) in [7, 11) is 0. The SMILES string of the molecule is CCN1CCCN(C(=O)c2c(F)cccc2Cl)CC1. The Morgan fingerprint density at radius 2 is 2.11 bits per heavy atom. The molecule has 0 aliphatic carbocycles. The summed E-state index contributed by atoms with van der Waals surface area (Å²) in [5, 5.41) is 0.182. The highest BCUT2D eigenvalue weighted by atomic mass is 35.5. The number of amides is 1. The van der Waals surface area contributed by atoms with Crippen molar-refractivity contribution in [2.45, 2.75) is 13.3 Å². The van der Waals surface area contributed by atoms with Gasteiger partial charge < -0.3 is 9.80 Å². The first-order valence-electron chi connectivity index (χ1n) is 6.59. The van der Waals surface area contributed by atoms with Crippen LogP contribution in [0.15, 0.2) is 18.2 Å². The minimum absolute atomic E-state index is 0.00545. The number of hydrogen-bond donors (Lipinski definition) is 0. The third kappa shape index (κ3) is 3.25.